The number of nitrogens with zero attached hydrogens (tertiary/aromatic N) is 2. The fraction of sp³-hybridized carbons (Fsp3) is 0.500. The van der Waals surface area contributed by atoms with Gasteiger partial charge in [0, 0.05) is 38.4 Å². The van der Waals surface area contributed by atoms with Crippen LogP contribution < -0.4 is 5.32 Å². The highest BCUT2D eigenvalue weighted by Crippen LogP contribution is 2.13. The van der Waals surface area contributed by atoms with Gasteiger partial charge in [0.05, 0.1) is 5.76 Å². The van der Waals surface area contributed by atoms with Crippen molar-refractivity contribution in [1.29, 1.82) is 0 Å². The molecule has 1 aromatic rings. The first kappa shape index (κ1) is 20.3. The highest BCUT2D eigenvalue weighted by Gasteiger charge is 2.13. The first-order valence-corrected chi connectivity index (χ1v) is 8.76. The molecule has 1 fully saturated rings. The summed E-state index contributed by atoms with van der Waals surface area (Å²) in [5.41, 5.74) is 3.30. The predicted molar refractivity (Wildman–Crippen MR) is 103 cm³/mol. The number of hydrogen-bond acceptors (Lipinski definition) is 4. The smallest absolute Gasteiger partial charge is 0.158 e. The number of allylic oxidation sites excluding steroid dienone is 1. The summed E-state index contributed by atoms with van der Waals surface area (Å²) < 4.78 is 5.29. The molecule has 0 aliphatic carbocycles. The minimum absolute atomic E-state index is 0.400. The lowest BCUT2D eigenvalue weighted by molar-refractivity contribution is 0.148. The number of likely N-dealkylation sites (N-methyl/N-ethyl adjacent to an activating group) is 1. The molecule has 1 aliphatic rings. The molecule has 1 saturated heterocycles. The van der Waals surface area contributed by atoms with Gasteiger partial charge in [-0.2, -0.15) is 0 Å². The molecule has 0 aromatic heterocycles. The van der Waals surface area contributed by atoms with Gasteiger partial charge < -0.3 is 15.0 Å². The maximum Gasteiger partial charge on any atom is 0.158 e. The number of ether oxygens (including phenoxy) is 1. The molecule has 1 aliphatic heterocycles. The van der Waals surface area contributed by atoms with E-state index in [1.165, 1.54) is 5.56 Å². The van der Waals surface area contributed by atoms with Crippen LogP contribution in [-0.2, 0) is 11.3 Å². The van der Waals surface area contributed by atoms with E-state index in [9.17, 15) is 0 Å². The maximum atomic E-state index is 5.29. The zero-order valence-corrected chi connectivity index (χ0v) is 15.8. The third-order valence-electron chi connectivity index (χ3n) is 3.91. The summed E-state index contributed by atoms with van der Waals surface area (Å²) in [5, 5.41) is 3.14. The van der Waals surface area contributed by atoms with Gasteiger partial charge in [-0.25, -0.2) is 0 Å². The molecular formula is C20H33N3O. The molecule has 0 unspecified atom stereocenters. The summed E-state index contributed by atoms with van der Waals surface area (Å²) in [4.78, 5) is 4.88. The Morgan fingerprint density at radius 1 is 1.08 bits per heavy atom. The number of piperazine rings is 1. The van der Waals surface area contributed by atoms with Gasteiger partial charge in [0.25, 0.3) is 0 Å². The summed E-state index contributed by atoms with van der Waals surface area (Å²) in [6, 6.07) is 8.59. The highest BCUT2D eigenvalue weighted by atomic mass is 16.5. The van der Waals surface area contributed by atoms with Crippen LogP contribution in [0.5, 0.6) is 0 Å². The molecule has 4 heteroatoms. The van der Waals surface area contributed by atoms with E-state index in [0.29, 0.717) is 12.5 Å². The van der Waals surface area contributed by atoms with Crippen molar-refractivity contribution in [3.8, 4) is 0 Å². The lowest BCUT2D eigenvalue weighted by Crippen LogP contribution is -2.43. The van der Waals surface area contributed by atoms with Gasteiger partial charge in [0.15, 0.2) is 6.73 Å². The number of nitrogens with one attached hydrogen (secondary N) is 1. The van der Waals surface area contributed by atoms with E-state index in [1.807, 2.05) is 20.8 Å². The molecule has 24 heavy (non-hydrogen) atoms. The molecule has 1 heterocycles. The molecule has 0 bridgehead atoms. The molecule has 0 amide bonds. The quantitative estimate of drug-likeness (QED) is 0.611. The van der Waals surface area contributed by atoms with E-state index >= 15 is 0 Å². The van der Waals surface area contributed by atoms with E-state index in [4.69, 9.17) is 4.74 Å². The van der Waals surface area contributed by atoms with Gasteiger partial charge in [0.2, 0.25) is 0 Å². The Hall–Kier alpha value is -1.78. The summed E-state index contributed by atoms with van der Waals surface area (Å²) in [6.07, 6.45) is 0. The molecule has 0 radical (unpaired) electrons. The minimum atomic E-state index is 0.400. The van der Waals surface area contributed by atoms with Crippen LogP contribution in [0.3, 0.4) is 0 Å². The Morgan fingerprint density at radius 3 is 2.21 bits per heavy atom. The number of rotatable bonds is 7. The van der Waals surface area contributed by atoms with Crippen molar-refractivity contribution in [1.82, 2.24) is 15.1 Å². The van der Waals surface area contributed by atoms with Crippen molar-refractivity contribution in [2.24, 2.45) is 0 Å². The second kappa shape index (κ2) is 10.9. The van der Waals surface area contributed by atoms with Crippen molar-refractivity contribution in [2.75, 3.05) is 40.0 Å². The molecule has 0 atom stereocenters. The van der Waals surface area contributed by atoms with Gasteiger partial charge in [-0.3, -0.25) is 4.90 Å². The van der Waals surface area contributed by atoms with Crippen LogP contribution in [0.15, 0.2) is 43.2 Å². The summed E-state index contributed by atoms with van der Waals surface area (Å²) in [7, 11) is 2.18. The molecule has 0 saturated carbocycles. The van der Waals surface area contributed by atoms with Gasteiger partial charge >= 0.3 is 0 Å². The van der Waals surface area contributed by atoms with Crippen LogP contribution in [0.2, 0.25) is 0 Å². The van der Waals surface area contributed by atoms with Crippen molar-refractivity contribution >= 4 is 5.70 Å². The van der Waals surface area contributed by atoms with E-state index in [1.54, 1.807) is 0 Å². The molecule has 4 nitrogen and oxygen atoms in total. The monoisotopic (exact) mass is 331 g/mol. The zero-order chi connectivity index (χ0) is 17.9. The van der Waals surface area contributed by atoms with Gasteiger partial charge in [-0.1, -0.05) is 51.3 Å². The predicted octanol–water partition coefficient (Wildman–Crippen LogP) is 3.53. The van der Waals surface area contributed by atoms with E-state index < -0.39 is 0 Å². The second-order valence-electron chi connectivity index (χ2n) is 5.92. The average molecular weight is 332 g/mol. The summed E-state index contributed by atoms with van der Waals surface area (Å²) in [5.74, 6) is 0.697. The Bertz CT molecular complexity index is 502. The van der Waals surface area contributed by atoms with Crippen LogP contribution >= 0.6 is 0 Å². The lowest BCUT2D eigenvalue weighted by Gasteiger charge is -2.32. The van der Waals surface area contributed by atoms with Gasteiger partial charge in [0.1, 0.15) is 0 Å². The molecule has 1 aromatic carbocycles. The Labute approximate surface area is 147 Å². The van der Waals surface area contributed by atoms with Crippen molar-refractivity contribution < 1.29 is 4.74 Å². The molecular weight excluding hydrogens is 298 g/mol. The number of hydrogen-bond donors (Lipinski definition) is 1. The Kier molecular flexibility index (Phi) is 9.20. The van der Waals surface area contributed by atoms with Gasteiger partial charge in [-0.15, -0.1) is 0 Å². The van der Waals surface area contributed by atoms with Crippen LogP contribution in [0.25, 0.3) is 5.70 Å². The summed E-state index contributed by atoms with van der Waals surface area (Å²) in [6.45, 7) is 19.6. The molecule has 134 valence electrons. The zero-order valence-electron chi connectivity index (χ0n) is 15.8. The molecule has 1 N–H and O–H groups in total. The summed E-state index contributed by atoms with van der Waals surface area (Å²) >= 11 is 0. The average Bonchev–Trinajstić information content (AvgIpc) is 2.59. The minimum Gasteiger partial charge on any atom is -0.479 e. The van der Waals surface area contributed by atoms with Crippen molar-refractivity contribution in [3.05, 3.63) is 54.3 Å². The largest absolute Gasteiger partial charge is 0.479 e. The fourth-order valence-electron chi connectivity index (χ4n) is 2.42. The van der Waals surface area contributed by atoms with Crippen molar-refractivity contribution in [2.45, 2.75) is 27.3 Å². The Morgan fingerprint density at radius 2 is 1.67 bits per heavy atom. The lowest BCUT2D eigenvalue weighted by atomic mass is 10.1. The SMILES string of the molecule is C=C(C)OCNC(=C)c1ccc(CN2CCN(C)CC2)cc1.CC. The standard InChI is InChI=1S/C18H27N3O.C2H6/c1-15(2)22-14-19-16(3)18-7-5-17(6-8-18)13-21-11-9-20(4)10-12-21;1-2/h5-8,19H,1,3,9-14H2,2,4H3;1-2H3. The first-order valence-electron chi connectivity index (χ1n) is 8.76. The third-order valence-corrected chi connectivity index (χ3v) is 3.91. The van der Waals surface area contributed by atoms with Crippen LogP contribution in [-0.4, -0.2) is 49.8 Å². The van der Waals surface area contributed by atoms with E-state index in [-0.39, 0.29) is 0 Å². The van der Waals surface area contributed by atoms with E-state index in [0.717, 1.165) is 44.0 Å². The maximum absolute atomic E-state index is 5.29. The van der Waals surface area contributed by atoms with Crippen LogP contribution in [0.4, 0.5) is 0 Å². The molecule has 0 spiro atoms. The first-order chi connectivity index (χ1) is 11.5. The van der Waals surface area contributed by atoms with Gasteiger partial charge in [-0.05, 0) is 25.1 Å². The third kappa shape index (κ3) is 7.20. The van der Waals surface area contributed by atoms with Crippen LogP contribution in [0.1, 0.15) is 31.9 Å². The topological polar surface area (TPSA) is 27.7 Å². The van der Waals surface area contributed by atoms with E-state index in [2.05, 4.69) is 59.6 Å². The van der Waals surface area contributed by atoms with Crippen LogP contribution in [0, 0.1) is 0 Å². The Balaban J connectivity index is 0.00000139. The molecule has 2 rings (SSSR count). The highest BCUT2D eigenvalue weighted by molar-refractivity contribution is 5.61. The second-order valence-corrected chi connectivity index (χ2v) is 5.92. The fourth-order valence-corrected chi connectivity index (χ4v) is 2.42. The normalized spacial score (nSPS) is 15.2. The van der Waals surface area contributed by atoms with Crippen molar-refractivity contribution in [3.63, 3.8) is 0 Å². The number of benzene rings is 1.